The van der Waals surface area contributed by atoms with Gasteiger partial charge in [-0.25, -0.2) is 0 Å². The summed E-state index contributed by atoms with van der Waals surface area (Å²) >= 11 is 1.61. The summed E-state index contributed by atoms with van der Waals surface area (Å²) in [6.45, 7) is 7.63. The second kappa shape index (κ2) is 4.91. The van der Waals surface area contributed by atoms with E-state index in [2.05, 4.69) is 32.0 Å². The molecule has 0 atom stereocenters. The van der Waals surface area contributed by atoms with Crippen molar-refractivity contribution in [1.29, 1.82) is 0 Å². The number of hydrogen-bond acceptors (Lipinski definition) is 2. The van der Waals surface area contributed by atoms with Gasteiger partial charge in [-0.2, -0.15) is 0 Å². The molecule has 88 valence electrons. The van der Waals surface area contributed by atoms with Gasteiger partial charge in [0.2, 0.25) is 0 Å². The fourth-order valence-electron chi connectivity index (χ4n) is 1.28. The van der Waals surface area contributed by atoms with E-state index in [1.807, 2.05) is 0 Å². The van der Waals surface area contributed by atoms with Gasteiger partial charge in [0.1, 0.15) is 0 Å². The van der Waals surface area contributed by atoms with Gasteiger partial charge in [0.15, 0.2) is 0 Å². The summed E-state index contributed by atoms with van der Waals surface area (Å²) in [5.74, 6) is -0.156. The van der Waals surface area contributed by atoms with Gasteiger partial charge >= 0.3 is 5.97 Å². The van der Waals surface area contributed by atoms with E-state index in [0.29, 0.717) is 5.75 Å². The van der Waals surface area contributed by atoms with E-state index in [9.17, 15) is 4.79 Å². The van der Waals surface area contributed by atoms with Gasteiger partial charge in [-0.15, -0.1) is 11.8 Å². The van der Waals surface area contributed by atoms with Crippen molar-refractivity contribution in [2.75, 3.05) is 5.75 Å². The number of hydrogen-bond donors (Lipinski definition) is 1. The molecule has 0 spiro atoms. The number of rotatable bonds is 4. The van der Waals surface area contributed by atoms with Gasteiger partial charge in [0, 0.05) is 10.6 Å². The minimum atomic E-state index is -0.746. The molecule has 0 fully saturated rings. The summed E-state index contributed by atoms with van der Waals surface area (Å²) in [4.78, 5) is 12.1. The number of carbonyl (C=O) groups is 1. The van der Waals surface area contributed by atoms with Crippen LogP contribution in [-0.4, -0.2) is 16.8 Å². The van der Waals surface area contributed by atoms with E-state index in [1.165, 1.54) is 16.0 Å². The van der Waals surface area contributed by atoms with Crippen molar-refractivity contribution in [3.05, 3.63) is 29.3 Å². The van der Waals surface area contributed by atoms with Crippen molar-refractivity contribution in [1.82, 2.24) is 0 Å². The molecular weight excluding hydrogens is 220 g/mol. The molecule has 0 saturated heterocycles. The monoisotopic (exact) mass is 238 g/mol. The first kappa shape index (κ1) is 13.1. The first-order chi connectivity index (χ1) is 7.33. The normalized spacial score (nSPS) is 11.5. The first-order valence-electron chi connectivity index (χ1n) is 5.26. The molecule has 3 heteroatoms. The standard InChI is InChI=1S/C13H18O2S/c1-9-5-6-11(10(2)7-9)16-8-13(3,4)12(14)15/h5-7H,8H2,1-4H3,(H,14,15). The van der Waals surface area contributed by atoms with Gasteiger partial charge in [-0.1, -0.05) is 17.7 Å². The van der Waals surface area contributed by atoms with Crippen LogP contribution in [0.4, 0.5) is 0 Å². The van der Waals surface area contributed by atoms with E-state index in [-0.39, 0.29) is 0 Å². The lowest BCUT2D eigenvalue weighted by Crippen LogP contribution is -2.26. The van der Waals surface area contributed by atoms with E-state index in [1.54, 1.807) is 25.6 Å². The zero-order chi connectivity index (χ0) is 12.3. The van der Waals surface area contributed by atoms with Crippen LogP contribution in [0.5, 0.6) is 0 Å². The molecule has 2 nitrogen and oxygen atoms in total. The van der Waals surface area contributed by atoms with Gasteiger partial charge in [-0.3, -0.25) is 4.79 Å². The Morgan fingerprint density at radius 2 is 2.00 bits per heavy atom. The minimum absolute atomic E-state index is 0.590. The number of aliphatic carboxylic acids is 1. The second-order valence-electron chi connectivity index (χ2n) is 4.75. The summed E-state index contributed by atoms with van der Waals surface area (Å²) in [5, 5.41) is 9.02. The van der Waals surface area contributed by atoms with E-state index < -0.39 is 11.4 Å². The maximum absolute atomic E-state index is 11.0. The Kier molecular flexibility index (Phi) is 4.03. The zero-order valence-electron chi connectivity index (χ0n) is 10.2. The molecule has 0 bridgehead atoms. The number of carboxylic acid groups (broad SMARTS) is 1. The fraction of sp³-hybridized carbons (Fsp3) is 0.462. The van der Waals surface area contributed by atoms with Crippen LogP contribution in [0.1, 0.15) is 25.0 Å². The lowest BCUT2D eigenvalue weighted by molar-refractivity contribution is -0.145. The molecule has 0 radical (unpaired) electrons. The summed E-state index contributed by atoms with van der Waals surface area (Å²) in [6, 6.07) is 6.24. The van der Waals surface area contributed by atoms with Crippen LogP contribution in [0.3, 0.4) is 0 Å². The third-order valence-corrected chi connectivity index (χ3v) is 4.13. The Morgan fingerprint density at radius 1 is 1.38 bits per heavy atom. The number of aryl methyl sites for hydroxylation is 2. The maximum Gasteiger partial charge on any atom is 0.309 e. The minimum Gasteiger partial charge on any atom is -0.481 e. The van der Waals surface area contributed by atoms with Gasteiger partial charge in [0.25, 0.3) is 0 Å². The molecule has 0 aromatic heterocycles. The van der Waals surface area contributed by atoms with Gasteiger partial charge < -0.3 is 5.11 Å². The maximum atomic E-state index is 11.0. The predicted octanol–water partition coefficient (Wildman–Crippen LogP) is 3.51. The Bertz CT molecular complexity index is 397. The molecule has 0 aliphatic carbocycles. The van der Waals surface area contributed by atoms with Gasteiger partial charge in [0.05, 0.1) is 5.41 Å². The van der Waals surface area contributed by atoms with Crippen LogP contribution in [0.25, 0.3) is 0 Å². The Balaban J connectivity index is 2.72. The Hall–Kier alpha value is -0.960. The molecule has 0 aliphatic heterocycles. The summed E-state index contributed by atoms with van der Waals surface area (Å²) in [6.07, 6.45) is 0. The number of thioether (sulfide) groups is 1. The average Bonchev–Trinajstić information content (AvgIpc) is 2.16. The van der Waals surface area contributed by atoms with E-state index in [0.717, 1.165) is 0 Å². The fourth-order valence-corrected chi connectivity index (χ4v) is 2.37. The number of benzene rings is 1. The highest BCUT2D eigenvalue weighted by atomic mass is 32.2. The third kappa shape index (κ3) is 3.27. The summed E-state index contributed by atoms with van der Waals surface area (Å²) in [5.41, 5.74) is 1.77. The smallest absolute Gasteiger partial charge is 0.309 e. The van der Waals surface area contributed by atoms with Crippen LogP contribution in [0.2, 0.25) is 0 Å². The van der Waals surface area contributed by atoms with Crippen molar-refractivity contribution < 1.29 is 9.90 Å². The molecule has 1 N–H and O–H groups in total. The molecule has 0 amide bonds. The van der Waals surface area contributed by atoms with Crippen LogP contribution in [-0.2, 0) is 4.79 Å². The Labute approximate surface area is 101 Å². The lowest BCUT2D eigenvalue weighted by atomic mass is 9.97. The third-order valence-electron chi connectivity index (χ3n) is 2.50. The molecule has 1 aromatic rings. The van der Waals surface area contributed by atoms with E-state index >= 15 is 0 Å². The molecule has 0 saturated carbocycles. The Morgan fingerprint density at radius 3 is 2.50 bits per heavy atom. The van der Waals surface area contributed by atoms with Crippen molar-refractivity contribution in [2.24, 2.45) is 5.41 Å². The van der Waals surface area contributed by atoms with Crippen LogP contribution in [0.15, 0.2) is 23.1 Å². The first-order valence-corrected chi connectivity index (χ1v) is 6.25. The topological polar surface area (TPSA) is 37.3 Å². The van der Waals surface area contributed by atoms with Crippen LogP contribution in [0, 0.1) is 19.3 Å². The molecule has 0 unspecified atom stereocenters. The van der Waals surface area contributed by atoms with Gasteiger partial charge in [-0.05, 0) is 39.3 Å². The SMILES string of the molecule is Cc1ccc(SCC(C)(C)C(=O)O)c(C)c1. The predicted molar refractivity (Wildman–Crippen MR) is 68.1 cm³/mol. The summed E-state index contributed by atoms with van der Waals surface area (Å²) in [7, 11) is 0. The van der Waals surface area contributed by atoms with Crippen LogP contribution < -0.4 is 0 Å². The molecular formula is C13H18O2S. The molecule has 0 aliphatic rings. The second-order valence-corrected chi connectivity index (χ2v) is 5.76. The van der Waals surface area contributed by atoms with Crippen LogP contribution >= 0.6 is 11.8 Å². The summed E-state index contributed by atoms with van der Waals surface area (Å²) < 4.78 is 0. The van der Waals surface area contributed by atoms with Crippen molar-refractivity contribution in [3.8, 4) is 0 Å². The molecule has 1 aromatic carbocycles. The largest absolute Gasteiger partial charge is 0.481 e. The molecule has 1 rings (SSSR count). The van der Waals surface area contributed by atoms with E-state index in [4.69, 9.17) is 5.11 Å². The average molecular weight is 238 g/mol. The van der Waals surface area contributed by atoms with Crippen molar-refractivity contribution in [3.63, 3.8) is 0 Å². The molecule has 0 heterocycles. The highest BCUT2D eigenvalue weighted by Gasteiger charge is 2.27. The lowest BCUT2D eigenvalue weighted by Gasteiger charge is -2.18. The molecule has 16 heavy (non-hydrogen) atoms. The highest BCUT2D eigenvalue weighted by molar-refractivity contribution is 7.99. The van der Waals surface area contributed by atoms with Crippen molar-refractivity contribution in [2.45, 2.75) is 32.6 Å². The number of carboxylic acids is 1. The van der Waals surface area contributed by atoms with Crippen molar-refractivity contribution >= 4 is 17.7 Å². The highest BCUT2D eigenvalue weighted by Crippen LogP contribution is 2.30. The zero-order valence-corrected chi connectivity index (χ0v) is 11.0. The quantitative estimate of drug-likeness (QED) is 0.816.